The normalized spacial score (nSPS) is 43.8. The van der Waals surface area contributed by atoms with Crippen molar-refractivity contribution >= 4 is 0 Å². The number of aliphatic hydroxyl groups is 1. The minimum atomic E-state index is -0.0140. The molecule has 0 aliphatic heterocycles. The van der Waals surface area contributed by atoms with E-state index in [0.717, 1.165) is 38.1 Å². The molecule has 0 saturated heterocycles. The van der Waals surface area contributed by atoms with Crippen LogP contribution < -0.4 is 5.32 Å². The number of ether oxygens (including phenoxy) is 1. The van der Waals surface area contributed by atoms with Gasteiger partial charge in [0.15, 0.2) is 0 Å². The van der Waals surface area contributed by atoms with Gasteiger partial charge in [0.1, 0.15) is 0 Å². The first kappa shape index (κ1) is 9.44. The third-order valence-corrected chi connectivity index (χ3v) is 3.33. The van der Waals surface area contributed by atoms with Crippen LogP contribution >= 0.6 is 0 Å². The molecule has 2 aliphatic carbocycles. The van der Waals surface area contributed by atoms with Gasteiger partial charge in [0.25, 0.3) is 0 Å². The van der Waals surface area contributed by atoms with Gasteiger partial charge >= 0.3 is 0 Å². The highest BCUT2D eigenvalue weighted by molar-refractivity contribution is 4.88. The topological polar surface area (TPSA) is 41.5 Å². The van der Waals surface area contributed by atoms with Crippen molar-refractivity contribution in [2.24, 2.45) is 5.92 Å². The van der Waals surface area contributed by atoms with Gasteiger partial charge in [-0.25, -0.2) is 0 Å². The van der Waals surface area contributed by atoms with Gasteiger partial charge in [-0.15, -0.1) is 0 Å². The second-order valence-electron chi connectivity index (χ2n) is 4.43. The summed E-state index contributed by atoms with van der Waals surface area (Å²) in [7, 11) is 1.78. The van der Waals surface area contributed by atoms with E-state index in [1.807, 2.05) is 0 Å². The molecule has 0 aromatic heterocycles. The Hall–Kier alpha value is -0.120. The molecule has 0 unspecified atom stereocenters. The molecule has 2 N–H and O–H groups in total. The Kier molecular flexibility index (Phi) is 2.86. The lowest BCUT2D eigenvalue weighted by atomic mass is 9.81. The fourth-order valence-corrected chi connectivity index (χ4v) is 2.13. The number of rotatable bonds is 4. The lowest BCUT2D eigenvalue weighted by molar-refractivity contribution is 0.00695. The summed E-state index contributed by atoms with van der Waals surface area (Å²) in [6, 6.07) is 0.669. The molecule has 2 rings (SSSR count). The second kappa shape index (κ2) is 3.95. The lowest BCUT2D eigenvalue weighted by Gasteiger charge is -2.38. The van der Waals surface area contributed by atoms with E-state index < -0.39 is 0 Å². The van der Waals surface area contributed by atoms with Gasteiger partial charge < -0.3 is 15.2 Å². The molecule has 3 nitrogen and oxygen atoms in total. The fourth-order valence-electron chi connectivity index (χ4n) is 2.13. The molecular weight excluding hydrogens is 166 g/mol. The Bertz CT molecular complexity index is 162. The number of hydrogen-bond donors (Lipinski definition) is 2. The highest BCUT2D eigenvalue weighted by Gasteiger charge is 2.31. The Labute approximate surface area is 79.5 Å². The third kappa shape index (κ3) is 2.22. The maximum atomic E-state index is 9.09. The summed E-state index contributed by atoms with van der Waals surface area (Å²) in [6.45, 7) is 1.08. The van der Waals surface area contributed by atoms with Crippen LogP contribution in [-0.2, 0) is 4.74 Å². The zero-order valence-electron chi connectivity index (χ0n) is 8.20. The van der Waals surface area contributed by atoms with Gasteiger partial charge in [0.05, 0.1) is 12.2 Å². The van der Waals surface area contributed by atoms with Crippen molar-refractivity contribution in [3.63, 3.8) is 0 Å². The average Bonchev–Trinajstić information content (AvgIpc) is 1.98. The van der Waals surface area contributed by atoms with Crippen LogP contribution in [0.1, 0.15) is 25.7 Å². The van der Waals surface area contributed by atoms with Crippen LogP contribution in [0.4, 0.5) is 0 Å². The molecule has 2 fully saturated rings. The minimum absolute atomic E-state index is 0.0140. The van der Waals surface area contributed by atoms with Crippen molar-refractivity contribution < 1.29 is 9.84 Å². The van der Waals surface area contributed by atoms with Gasteiger partial charge in [-0.05, 0) is 38.1 Å². The second-order valence-corrected chi connectivity index (χ2v) is 4.43. The number of methoxy groups -OCH3 is 1. The van der Waals surface area contributed by atoms with Gasteiger partial charge in [0.2, 0.25) is 0 Å². The first-order valence-corrected chi connectivity index (χ1v) is 5.22. The number of aliphatic hydroxyl groups excluding tert-OH is 1. The molecule has 0 atom stereocenters. The van der Waals surface area contributed by atoms with Gasteiger partial charge in [-0.3, -0.25) is 0 Å². The van der Waals surface area contributed by atoms with E-state index >= 15 is 0 Å². The Morgan fingerprint density at radius 2 is 2.00 bits per heavy atom. The molecule has 0 spiro atoms. The predicted octanol–water partition coefficient (Wildman–Crippen LogP) is 0.524. The molecule has 76 valence electrons. The Morgan fingerprint density at radius 3 is 2.54 bits per heavy atom. The summed E-state index contributed by atoms with van der Waals surface area (Å²) in [6.07, 6.45) is 4.78. The first-order valence-electron chi connectivity index (χ1n) is 5.22. The SMILES string of the molecule is COC1CC(NCC2CC(O)C2)C1. The highest BCUT2D eigenvalue weighted by Crippen LogP contribution is 2.28. The number of hydrogen-bond acceptors (Lipinski definition) is 3. The molecule has 13 heavy (non-hydrogen) atoms. The summed E-state index contributed by atoms with van der Waals surface area (Å²) in [5.41, 5.74) is 0. The predicted molar refractivity (Wildman–Crippen MR) is 50.6 cm³/mol. The minimum Gasteiger partial charge on any atom is -0.393 e. The summed E-state index contributed by atoms with van der Waals surface area (Å²) < 4.78 is 5.20. The summed E-state index contributed by atoms with van der Waals surface area (Å²) in [5, 5.41) is 12.6. The molecule has 3 heteroatoms. The first-order chi connectivity index (χ1) is 6.28. The van der Waals surface area contributed by atoms with E-state index in [-0.39, 0.29) is 6.10 Å². The molecule has 0 aromatic rings. The van der Waals surface area contributed by atoms with Crippen LogP contribution in [0.2, 0.25) is 0 Å². The molecule has 0 amide bonds. The summed E-state index contributed by atoms with van der Waals surface area (Å²) >= 11 is 0. The van der Waals surface area contributed by atoms with Crippen molar-refractivity contribution in [3.05, 3.63) is 0 Å². The van der Waals surface area contributed by atoms with Crippen molar-refractivity contribution in [1.82, 2.24) is 5.32 Å². The molecule has 2 saturated carbocycles. The van der Waals surface area contributed by atoms with E-state index in [1.54, 1.807) is 7.11 Å². The molecule has 0 aromatic carbocycles. The van der Waals surface area contributed by atoms with Crippen molar-refractivity contribution in [1.29, 1.82) is 0 Å². The molecule has 0 bridgehead atoms. The van der Waals surface area contributed by atoms with E-state index in [0.29, 0.717) is 12.1 Å². The van der Waals surface area contributed by atoms with Crippen LogP contribution in [0.15, 0.2) is 0 Å². The number of nitrogens with one attached hydrogen (secondary N) is 1. The average molecular weight is 185 g/mol. The molecular formula is C10H19NO2. The standard InChI is InChI=1S/C10H19NO2/c1-13-10-4-8(5-10)11-6-7-2-9(12)3-7/h7-12H,2-6H2,1H3. The molecule has 2 aliphatic rings. The van der Waals surface area contributed by atoms with E-state index in [2.05, 4.69) is 5.32 Å². The smallest absolute Gasteiger partial charge is 0.0601 e. The monoisotopic (exact) mass is 185 g/mol. The van der Waals surface area contributed by atoms with Crippen LogP contribution in [0.25, 0.3) is 0 Å². The van der Waals surface area contributed by atoms with E-state index in [1.165, 1.54) is 0 Å². The van der Waals surface area contributed by atoms with E-state index in [4.69, 9.17) is 9.84 Å². The summed E-state index contributed by atoms with van der Waals surface area (Å²) in [5.74, 6) is 0.719. The van der Waals surface area contributed by atoms with E-state index in [9.17, 15) is 0 Å². The lowest BCUT2D eigenvalue weighted by Crippen LogP contribution is -2.48. The molecule has 0 radical (unpaired) electrons. The highest BCUT2D eigenvalue weighted by atomic mass is 16.5. The fraction of sp³-hybridized carbons (Fsp3) is 1.00. The van der Waals surface area contributed by atoms with Crippen LogP contribution in [-0.4, -0.2) is 37.0 Å². The van der Waals surface area contributed by atoms with Crippen molar-refractivity contribution in [2.75, 3.05) is 13.7 Å². The van der Waals surface area contributed by atoms with Gasteiger partial charge in [0, 0.05) is 13.2 Å². The van der Waals surface area contributed by atoms with Crippen LogP contribution in [0.3, 0.4) is 0 Å². The van der Waals surface area contributed by atoms with Crippen LogP contribution in [0, 0.1) is 5.92 Å². The van der Waals surface area contributed by atoms with Crippen molar-refractivity contribution in [2.45, 2.75) is 43.9 Å². The Balaban J connectivity index is 1.51. The van der Waals surface area contributed by atoms with Crippen LogP contribution in [0.5, 0.6) is 0 Å². The van der Waals surface area contributed by atoms with Gasteiger partial charge in [-0.1, -0.05) is 0 Å². The maximum absolute atomic E-state index is 9.09. The Morgan fingerprint density at radius 1 is 1.31 bits per heavy atom. The maximum Gasteiger partial charge on any atom is 0.0601 e. The summed E-state index contributed by atoms with van der Waals surface area (Å²) in [4.78, 5) is 0. The quantitative estimate of drug-likeness (QED) is 0.671. The van der Waals surface area contributed by atoms with Crippen molar-refractivity contribution in [3.8, 4) is 0 Å². The third-order valence-electron chi connectivity index (χ3n) is 3.33. The van der Waals surface area contributed by atoms with Gasteiger partial charge in [-0.2, -0.15) is 0 Å². The molecule has 0 heterocycles. The zero-order chi connectivity index (χ0) is 9.26. The largest absolute Gasteiger partial charge is 0.393 e. The zero-order valence-corrected chi connectivity index (χ0v) is 8.20.